The maximum atomic E-state index is 12.1. The van der Waals surface area contributed by atoms with Gasteiger partial charge >= 0.3 is 6.61 Å². The highest BCUT2D eigenvalue weighted by molar-refractivity contribution is 7.99. The Labute approximate surface area is 124 Å². The molecule has 0 bridgehead atoms. The maximum absolute atomic E-state index is 12.1. The molecule has 112 valence electrons. The zero-order valence-electron chi connectivity index (χ0n) is 11.3. The number of alkyl halides is 2. The lowest BCUT2D eigenvalue weighted by molar-refractivity contribution is -0.0498. The number of hydrogen-bond donors (Lipinski definition) is 1. The third-order valence-electron chi connectivity index (χ3n) is 2.45. The summed E-state index contributed by atoms with van der Waals surface area (Å²) >= 11 is 1.42. The van der Waals surface area contributed by atoms with Crippen LogP contribution < -0.4 is 10.6 Å². The van der Waals surface area contributed by atoms with E-state index in [2.05, 4.69) is 21.5 Å². The molecule has 1 aromatic carbocycles. The molecule has 0 amide bonds. The summed E-state index contributed by atoms with van der Waals surface area (Å²) < 4.78 is 29.8. The van der Waals surface area contributed by atoms with Gasteiger partial charge in [-0.3, -0.25) is 0 Å². The second-order valence-electron chi connectivity index (χ2n) is 4.32. The van der Waals surface area contributed by atoms with Crippen LogP contribution in [-0.4, -0.2) is 27.2 Å². The van der Waals surface area contributed by atoms with E-state index >= 15 is 0 Å². The molecule has 0 aliphatic carbocycles. The minimum atomic E-state index is -2.85. The molecule has 5 nitrogen and oxygen atoms in total. The smallest absolute Gasteiger partial charge is 0.387 e. The molecule has 2 aromatic rings. The van der Waals surface area contributed by atoms with Crippen LogP contribution in [0.25, 0.3) is 11.4 Å². The van der Waals surface area contributed by atoms with Crippen molar-refractivity contribution >= 4 is 11.8 Å². The zero-order valence-corrected chi connectivity index (χ0v) is 12.1. The molecule has 0 saturated heterocycles. The number of nitrogens with two attached hydrogens (primary N) is 1. The Balaban J connectivity index is 2.16. The van der Waals surface area contributed by atoms with Crippen LogP contribution in [-0.2, 0) is 0 Å². The standard InChI is InChI=1S/C13H14F2N4OS/c1-8(2)7-21-13-18-17-11(19(13)16)9-3-5-10(6-4-9)20-12(14)15/h3-6,12H,1,7,16H2,2H3. The van der Waals surface area contributed by atoms with Crippen LogP contribution in [0, 0.1) is 0 Å². The molecule has 0 atom stereocenters. The Morgan fingerprint density at radius 3 is 2.62 bits per heavy atom. The van der Waals surface area contributed by atoms with Crippen molar-refractivity contribution in [2.24, 2.45) is 0 Å². The summed E-state index contributed by atoms with van der Waals surface area (Å²) in [4.78, 5) is 0. The van der Waals surface area contributed by atoms with Crippen LogP contribution in [0.1, 0.15) is 6.92 Å². The average molecular weight is 312 g/mol. The number of ether oxygens (including phenoxy) is 1. The Morgan fingerprint density at radius 1 is 1.38 bits per heavy atom. The van der Waals surface area contributed by atoms with E-state index in [9.17, 15) is 8.78 Å². The first-order chi connectivity index (χ1) is 9.97. The fraction of sp³-hybridized carbons (Fsp3) is 0.231. The molecule has 0 saturated carbocycles. The SMILES string of the molecule is C=C(C)CSc1nnc(-c2ccc(OC(F)F)cc2)n1N. The molecule has 21 heavy (non-hydrogen) atoms. The first kappa shape index (κ1) is 15.3. The zero-order chi connectivity index (χ0) is 15.4. The summed E-state index contributed by atoms with van der Waals surface area (Å²) in [5.41, 5.74) is 1.66. The number of nitrogen functional groups attached to an aromatic ring is 1. The normalized spacial score (nSPS) is 10.9. The Morgan fingerprint density at radius 2 is 2.05 bits per heavy atom. The minimum Gasteiger partial charge on any atom is -0.435 e. The predicted octanol–water partition coefficient (Wildman–Crippen LogP) is 2.93. The van der Waals surface area contributed by atoms with Gasteiger partial charge in [0.25, 0.3) is 0 Å². The molecule has 0 fully saturated rings. The van der Waals surface area contributed by atoms with Crippen molar-refractivity contribution in [1.82, 2.24) is 14.9 Å². The lowest BCUT2D eigenvalue weighted by Crippen LogP contribution is -2.11. The predicted molar refractivity (Wildman–Crippen MR) is 77.8 cm³/mol. The largest absolute Gasteiger partial charge is 0.435 e. The molecule has 8 heteroatoms. The summed E-state index contributed by atoms with van der Waals surface area (Å²) in [5, 5.41) is 8.55. The van der Waals surface area contributed by atoms with E-state index in [1.807, 2.05) is 6.92 Å². The first-order valence-electron chi connectivity index (χ1n) is 6.00. The van der Waals surface area contributed by atoms with Crippen molar-refractivity contribution in [1.29, 1.82) is 0 Å². The highest BCUT2D eigenvalue weighted by Crippen LogP contribution is 2.24. The van der Waals surface area contributed by atoms with Crippen LogP contribution in [0.3, 0.4) is 0 Å². The van der Waals surface area contributed by atoms with Gasteiger partial charge in [0.15, 0.2) is 5.82 Å². The molecule has 2 N–H and O–H groups in total. The Kier molecular flexibility index (Phi) is 4.79. The summed E-state index contributed by atoms with van der Waals surface area (Å²) in [6.45, 7) is 2.87. The Bertz CT molecular complexity index is 628. The summed E-state index contributed by atoms with van der Waals surface area (Å²) in [7, 11) is 0. The molecule has 0 aliphatic heterocycles. The molecule has 1 heterocycles. The van der Waals surface area contributed by atoms with Gasteiger partial charge < -0.3 is 10.6 Å². The fourth-order valence-corrected chi connectivity index (χ4v) is 2.25. The van der Waals surface area contributed by atoms with Crippen LogP contribution in [0.2, 0.25) is 0 Å². The Hall–Kier alpha value is -2.09. The molecule has 0 unspecified atom stereocenters. The third-order valence-corrected chi connectivity index (χ3v) is 3.62. The molecule has 2 rings (SSSR count). The van der Waals surface area contributed by atoms with Crippen LogP contribution in [0.15, 0.2) is 41.6 Å². The van der Waals surface area contributed by atoms with E-state index in [0.717, 1.165) is 5.57 Å². The number of hydrogen-bond acceptors (Lipinski definition) is 5. The van der Waals surface area contributed by atoms with Gasteiger partial charge in [-0.1, -0.05) is 23.9 Å². The van der Waals surface area contributed by atoms with E-state index in [0.29, 0.717) is 22.3 Å². The highest BCUT2D eigenvalue weighted by atomic mass is 32.2. The number of halogens is 2. The van der Waals surface area contributed by atoms with E-state index in [4.69, 9.17) is 5.84 Å². The van der Waals surface area contributed by atoms with Crippen molar-refractivity contribution in [3.8, 4) is 17.1 Å². The minimum absolute atomic E-state index is 0.0775. The summed E-state index contributed by atoms with van der Waals surface area (Å²) in [6, 6.07) is 6.05. The second kappa shape index (κ2) is 6.57. The van der Waals surface area contributed by atoms with Gasteiger partial charge in [0.2, 0.25) is 5.16 Å². The quantitative estimate of drug-likeness (QED) is 0.505. The average Bonchev–Trinajstić information content (AvgIpc) is 2.78. The molecule has 0 aliphatic rings. The van der Waals surface area contributed by atoms with E-state index in [1.54, 1.807) is 12.1 Å². The highest BCUT2D eigenvalue weighted by Gasteiger charge is 2.12. The lowest BCUT2D eigenvalue weighted by atomic mass is 10.2. The van der Waals surface area contributed by atoms with Crippen molar-refractivity contribution in [2.75, 3.05) is 11.6 Å². The monoisotopic (exact) mass is 312 g/mol. The van der Waals surface area contributed by atoms with Crippen LogP contribution in [0.4, 0.5) is 8.78 Å². The van der Waals surface area contributed by atoms with Gasteiger partial charge in [-0.05, 0) is 31.2 Å². The fourth-order valence-electron chi connectivity index (χ4n) is 1.55. The molecular weight excluding hydrogens is 298 g/mol. The van der Waals surface area contributed by atoms with Crippen molar-refractivity contribution in [2.45, 2.75) is 18.7 Å². The topological polar surface area (TPSA) is 66.0 Å². The number of aromatic nitrogens is 3. The maximum Gasteiger partial charge on any atom is 0.387 e. The summed E-state index contributed by atoms with van der Waals surface area (Å²) in [5.74, 6) is 7.15. The van der Waals surface area contributed by atoms with Crippen molar-refractivity contribution in [3.63, 3.8) is 0 Å². The van der Waals surface area contributed by atoms with Crippen LogP contribution >= 0.6 is 11.8 Å². The van der Waals surface area contributed by atoms with Gasteiger partial charge in [-0.25, -0.2) is 4.68 Å². The second-order valence-corrected chi connectivity index (χ2v) is 5.27. The first-order valence-corrected chi connectivity index (χ1v) is 6.99. The molecule has 0 spiro atoms. The van der Waals surface area contributed by atoms with E-state index in [1.165, 1.54) is 28.6 Å². The number of thioether (sulfide) groups is 1. The molecule has 0 radical (unpaired) electrons. The third kappa shape index (κ3) is 3.94. The van der Waals surface area contributed by atoms with Gasteiger partial charge in [0.05, 0.1) is 0 Å². The summed E-state index contributed by atoms with van der Waals surface area (Å²) in [6.07, 6.45) is 0. The number of benzene rings is 1. The number of rotatable bonds is 6. The van der Waals surface area contributed by atoms with Crippen molar-refractivity contribution in [3.05, 3.63) is 36.4 Å². The van der Waals surface area contributed by atoms with Gasteiger partial charge in [0, 0.05) is 11.3 Å². The van der Waals surface area contributed by atoms with Crippen LogP contribution in [0.5, 0.6) is 5.75 Å². The van der Waals surface area contributed by atoms with Gasteiger partial charge in [-0.15, -0.1) is 10.2 Å². The van der Waals surface area contributed by atoms with E-state index in [-0.39, 0.29) is 5.75 Å². The molecule has 1 aromatic heterocycles. The number of nitrogens with zero attached hydrogens (tertiary/aromatic N) is 3. The molecular formula is C13H14F2N4OS. The van der Waals surface area contributed by atoms with Gasteiger partial charge in [-0.2, -0.15) is 8.78 Å². The lowest BCUT2D eigenvalue weighted by Gasteiger charge is -2.06. The van der Waals surface area contributed by atoms with Crippen molar-refractivity contribution < 1.29 is 13.5 Å². The van der Waals surface area contributed by atoms with E-state index < -0.39 is 6.61 Å². The van der Waals surface area contributed by atoms with Gasteiger partial charge in [0.1, 0.15) is 5.75 Å².